The smallest absolute Gasteiger partial charge is 0.351 e. The fourth-order valence-electron chi connectivity index (χ4n) is 3.99. The Morgan fingerprint density at radius 1 is 0.889 bits per heavy atom. The first-order chi connectivity index (χ1) is 17.1. The van der Waals surface area contributed by atoms with E-state index in [1.807, 2.05) is 43.3 Å². The third-order valence-electron chi connectivity index (χ3n) is 5.74. The molecule has 3 aromatic carbocycles. The lowest BCUT2D eigenvalue weighted by Crippen LogP contribution is -2.31. The number of alkyl halides is 3. The van der Waals surface area contributed by atoms with Crippen LogP contribution in [0.15, 0.2) is 89.4 Å². The maximum absolute atomic E-state index is 14.0. The summed E-state index contributed by atoms with van der Waals surface area (Å²) in [4.78, 5) is 14.7. The standard InChI is InChI=1S/C28H25BrF3N3O/c1-34(2)17-16-33-27(36)21-7-5-6-20(18-21)25-15-14-24(19-10-12-22(29)13-11-19)35(25)26-9-4-3-8-23(26)28(30,31)32/h3-15,18H,16-17H2,1-2H3,(H,33,36). The lowest BCUT2D eigenvalue weighted by Gasteiger charge is -2.19. The zero-order valence-electron chi connectivity index (χ0n) is 19.8. The quantitative estimate of drug-likeness (QED) is 0.270. The Kier molecular flexibility index (Phi) is 7.66. The molecule has 4 rings (SSSR count). The highest BCUT2D eigenvalue weighted by Gasteiger charge is 2.34. The average molecular weight is 556 g/mol. The number of aromatic nitrogens is 1. The van der Waals surface area contributed by atoms with Crippen molar-refractivity contribution >= 4 is 21.8 Å². The van der Waals surface area contributed by atoms with Crippen LogP contribution in [0.4, 0.5) is 13.2 Å². The summed E-state index contributed by atoms with van der Waals surface area (Å²) >= 11 is 3.41. The Hall–Kier alpha value is -3.36. The van der Waals surface area contributed by atoms with Crippen molar-refractivity contribution in [3.63, 3.8) is 0 Å². The van der Waals surface area contributed by atoms with Crippen molar-refractivity contribution in [1.29, 1.82) is 0 Å². The highest BCUT2D eigenvalue weighted by molar-refractivity contribution is 9.10. The SMILES string of the molecule is CN(C)CCNC(=O)c1cccc(-c2ccc(-c3ccc(Br)cc3)n2-c2ccccc2C(F)(F)F)c1. The molecule has 0 spiro atoms. The molecule has 0 unspecified atom stereocenters. The number of rotatable bonds is 7. The van der Waals surface area contributed by atoms with Crippen LogP contribution >= 0.6 is 15.9 Å². The summed E-state index contributed by atoms with van der Waals surface area (Å²) in [6.07, 6.45) is -4.54. The number of carbonyl (C=O) groups is 1. The van der Waals surface area contributed by atoms with Gasteiger partial charge in [-0.05, 0) is 73.8 Å². The van der Waals surface area contributed by atoms with Gasteiger partial charge in [0.15, 0.2) is 0 Å². The van der Waals surface area contributed by atoms with Gasteiger partial charge in [-0.25, -0.2) is 0 Å². The lowest BCUT2D eigenvalue weighted by atomic mass is 10.1. The van der Waals surface area contributed by atoms with Crippen molar-refractivity contribution in [1.82, 2.24) is 14.8 Å². The predicted octanol–water partition coefficient (Wildman–Crippen LogP) is 6.88. The van der Waals surface area contributed by atoms with Crippen molar-refractivity contribution in [2.45, 2.75) is 6.18 Å². The summed E-state index contributed by atoms with van der Waals surface area (Å²) in [7, 11) is 3.84. The van der Waals surface area contributed by atoms with Gasteiger partial charge in [0, 0.05) is 23.1 Å². The van der Waals surface area contributed by atoms with E-state index in [0.717, 1.165) is 16.1 Å². The van der Waals surface area contributed by atoms with Crippen LogP contribution < -0.4 is 5.32 Å². The molecule has 1 heterocycles. The van der Waals surface area contributed by atoms with E-state index in [1.165, 1.54) is 12.1 Å². The highest BCUT2D eigenvalue weighted by Crippen LogP contribution is 2.39. The number of hydrogen-bond donors (Lipinski definition) is 1. The topological polar surface area (TPSA) is 37.3 Å². The molecule has 1 N–H and O–H groups in total. The van der Waals surface area contributed by atoms with Gasteiger partial charge in [-0.2, -0.15) is 13.2 Å². The molecular weight excluding hydrogens is 531 g/mol. The number of likely N-dealkylation sites (N-methyl/N-ethyl adjacent to an activating group) is 1. The molecule has 0 aliphatic carbocycles. The second kappa shape index (κ2) is 10.7. The van der Waals surface area contributed by atoms with Gasteiger partial charge in [-0.15, -0.1) is 0 Å². The van der Waals surface area contributed by atoms with Crippen molar-refractivity contribution in [3.8, 4) is 28.2 Å². The maximum Gasteiger partial charge on any atom is 0.418 e. The van der Waals surface area contributed by atoms with Crippen molar-refractivity contribution < 1.29 is 18.0 Å². The zero-order valence-corrected chi connectivity index (χ0v) is 21.4. The Balaban J connectivity index is 1.85. The van der Waals surface area contributed by atoms with Crippen LogP contribution in [0.1, 0.15) is 15.9 Å². The van der Waals surface area contributed by atoms with Crippen LogP contribution in [-0.2, 0) is 6.18 Å². The van der Waals surface area contributed by atoms with E-state index in [4.69, 9.17) is 0 Å². The Morgan fingerprint density at radius 2 is 1.56 bits per heavy atom. The first-order valence-electron chi connectivity index (χ1n) is 11.3. The van der Waals surface area contributed by atoms with E-state index in [-0.39, 0.29) is 11.6 Å². The van der Waals surface area contributed by atoms with Gasteiger partial charge in [-0.3, -0.25) is 4.79 Å². The number of halogens is 4. The van der Waals surface area contributed by atoms with E-state index < -0.39 is 11.7 Å². The molecule has 4 aromatic rings. The number of hydrogen-bond acceptors (Lipinski definition) is 2. The lowest BCUT2D eigenvalue weighted by molar-refractivity contribution is -0.137. The van der Waals surface area contributed by atoms with E-state index in [2.05, 4.69) is 21.2 Å². The highest BCUT2D eigenvalue weighted by atomic mass is 79.9. The van der Waals surface area contributed by atoms with E-state index in [0.29, 0.717) is 35.6 Å². The van der Waals surface area contributed by atoms with Gasteiger partial charge >= 0.3 is 6.18 Å². The number of para-hydroxylation sites is 1. The molecule has 36 heavy (non-hydrogen) atoms. The molecule has 1 aromatic heterocycles. The first kappa shape index (κ1) is 25.7. The Labute approximate surface area is 216 Å². The van der Waals surface area contributed by atoms with Crippen molar-refractivity contribution in [3.05, 3.63) is 101 Å². The summed E-state index contributed by atoms with van der Waals surface area (Å²) in [6.45, 7) is 1.18. The van der Waals surface area contributed by atoms with Crippen molar-refractivity contribution in [2.24, 2.45) is 0 Å². The summed E-state index contributed by atoms with van der Waals surface area (Å²) in [6, 6.07) is 23.4. The summed E-state index contributed by atoms with van der Waals surface area (Å²) in [5.74, 6) is -0.236. The minimum absolute atomic E-state index is 0.0174. The van der Waals surface area contributed by atoms with Crippen LogP contribution in [0.5, 0.6) is 0 Å². The maximum atomic E-state index is 14.0. The van der Waals surface area contributed by atoms with Crippen LogP contribution in [0, 0.1) is 0 Å². The van der Waals surface area contributed by atoms with Gasteiger partial charge in [-0.1, -0.05) is 52.3 Å². The summed E-state index contributed by atoms with van der Waals surface area (Å²) in [5.41, 5.74) is 2.27. The third kappa shape index (κ3) is 5.71. The molecule has 0 fully saturated rings. The van der Waals surface area contributed by atoms with Crippen LogP contribution in [-0.4, -0.2) is 42.6 Å². The number of nitrogens with one attached hydrogen (secondary N) is 1. The molecule has 0 atom stereocenters. The second-order valence-electron chi connectivity index (χ2n) is 8.60. The molecule has 1 amide bonds. The minimum atomic E-state index is -4.54. The fourth-order valence-corrected chi connectivity index (χ4v) is 4.26. The van der Waals surface area contributed by atoms with Gasteiger partial charge < -0.3 is 14.8 Å². The van der Waals surface area contributed by atoms with Gasteiger partial charge in [0.2, 0.25) is 0 Å². The second-order valence-corrected chi connectivity index (χ2v) is 9.52. The van der Waals surface area contributed by atoms with Crippen molar-refractivity contribution in [2.75, 3.05) is 27.2 Å². The van der Waals surface area contributed by atoms with Gasteiger partial charge in [0.1, 0.15) is 0 Å². The zero-order chi connectivity index (χ0) is 25.9. The van der Waals surface area contributed by atoms with Gasteiger partial charge in [0.05, 0.1) is 22.6 Å². The molecule has 0 saturated heterocycles. The van der Waals surface area contributed by atoms with Crippen LogP contribution in [0.2, 0.25) is 0 Å². The summed E-state index contributed by atoms with van der Waals surface area (Å²) < 4.78 is 44.6. The third-order valence-corrected chi connectivity index (χ3v) is 6.26. The molecule has 186 valence electrons. The number of carbonyl (C=O) groups excluding carboxylic acids is 1. The normalized spacial score (nSPS) is 11.6. The first-order valence-corrected chi connectivity index (χ1v) is 12.1. The predicted molar refractivity (Wildman–Crippen MR) is 140 cm³/mol. The van der Waals surface area contributed by atoms with Crippen LogP contribution in [0.3, 0.4) is 0 Å². The fraction of sp³-hybridized carbons (Fsp3) is 0.179. The molecule has 0 radical (unpaired) electrons. The van der Waals surface area contributed by atoms with E-state index >= 15 is 0 Å². The molecule has 0 bridgehead atoms. The van der Waals surface area contributed by atoms with E-state index in [9.17, 15) is 18.0 Å². The average Bonchev–Trinajstić information content (AvgIpc) is 3.29. The molecule has 8 heteroatoms. The molecule has 4 nitrogen and oxygen atoms in total. The largest absolute Gasteiger partial charge is 0.418 e. The van der Waals surface area contributed by atoms with E-state index in [1.54, 1.807) is 47.0 Å². The number of nitrogens with zero attached hydrogens (tertiary/aromatic N) is 2. The van der Waals surface area contributed by atoms with Gasteiger partial charge in [0.25, 0.3) is 5.91 Å². The Morgan fingerprint density at radius 3 is 2.22 bits per heavy atom. The molecular formula is C28H25BrF3N3O. The number of amides is 1. The number of benzene rings is 3. The van der Waals surface area contributed by atoms with Crippen LogP contribution in [0.25, 0.3) is 28.2 Å². The minimum Gasteiger partial charge on any atom is -0.351 e. The molecule has 0 aliphatic rings. The molecule has 0 saturated carbocycles. The Bertz CT molecular complexity index is 1360. The monoisotopic (exact) mass is 555 g/mol. The molecule has 0 aliphatic heterocycles. The summed E-state index contributed by atoms with van der Waals surface area (Å²) in [5, 5.41) is 2.88.